The lowest BCUT2D eigenvalue weighted by Gasteiger charge is -2.34. The van der Waals surface area contributed by atoms with Crippen LogP contribution >= 0.6 is 11.6 Å². The number of carbonyl (C=O) groups excluding carboxylic acids is 1. The van der Waals surface area contributed by atoms with Gasteiger partial charge in [-0.3, -0.25) is 14.1 Å². The van der Waals surface area contributed by atoms with Gasteiger partial charge in [-0.1, -0.05) is 18.5 Å². The van der Waals surface area contributed by atoms with Crippen LogP contribution in [0.15, 0.2) is 12.3 Å². The molecule has 27 heavy (non-hydrogen) atoms. The molecule has 1 amide bonds. The molecule has 0 aromatic carbocycles. The van der Waals surface area contributed by atoms with Crippen molar-refractivity contribution in [1.29, 1.82) is 0 Å². The minimum atomic E-state index is -4.58. The van der Waals surface area contributed by atoms with Crippen molar-refractivity contribution in [3.05, 3.63) is 34.2 Å². The van der Waals surface area contributed by atoms with E-state index < -0.39 is 11.7 Å². The van der Waals surface area contributed by atoms with Crippen LogP contribution in [0.1, 0.15) is 28.7 Å². The summed E-state index contributed by atoms with van der Waals surface area (Å²) in [6.45, 7) is 4.42. The van der Waals surface area contributed by atoms with Crippen LogP contribution in [0.4, 0.5) is 13.2 Å². The Morgan fingerprint density at radius 2 is 1.96 bits per heavy atom. The Morgan fingerprint density at radius 3 is 2.52 bits per heavy atom. The highest BCUT2D eigenvalue weighted by atomic mass is 35.5. The molecule has 2 aromatic heterocycles. The van der Waals surface area contributed by atoms with Crippen LogP contribution < -0.4 is 0 Å². The van der Waals surface area contributed by atoms with Crippen molar-refractivity contribution in [2.45, 2.75) is 19.5 Å². The van der Waals surface area contributed by atoms with Crippen LogP contribution in [-0.4, -0.2) is 69.5 Å². The van der Waals surface area contributed by atoms with E-state index in [1.54, 1.807) is 11.8 Å². The molecule has 0 saturated carbocycles. The van der Waals surface area contributed by atoms with E-state index in [0.29, 0.717) is 44.8 Å². The van der Waals surface area contributed by atoms with Gasteiger partial charge in [0.05, 0.1) is 22.9 Å². The zero-order valence-corrected chi connectivity index (χ0v) is 15.5. The second-order valence-corrected chi connectivity index (χ2v) is 6.79. The Labute approximate surface area is 159 Å². The van der Waals surface area contributed by atoms with Crippen molar-refractivity contribution in [3.8, 4) is 0 Å². The van der Waals surface area contributed by atoms with Crippen molar-refractivity contribution < 1.29 is 23.1 Å². The van der Waals surface area contributed by atoms with Crippen molar-refractivity contribution in [2.24, 2.45) is 0 Å². The average Bonchev–Trinajstić information content (AvgIpc) is 3.00. The predicted octanol–water partition coefficient (Wildman–Crippen LogP) is 2.32. The first-order valence-corrected chi connectivity index (χ1v) is 9.04. The summed E-state index contributed by atoms with van der Waals surface area (Å²) in [6, 6.07) is 0.825. The number of carbonyl (C=O) groups is 1. The number of alkyl halides is 3. The number of pyridine rings is 1. The molecule has 0 radical (unpaired) electrons. The third kappa shape index (κ3) is 3.90. The molecule has 0 spiro atoms. The minimum absolute atomic E-state index is 0.0416. The van der Waals surface area contributed by atoms with Crippen molar-refractivity contribution in [3.63, 3.8) is 0 Å². The molecular weight excluding hydrogens is 385 g/mol. The van der Waals surface area contributed by atoms with Gasteiger partial charge in [-0.15, -0.1) is 0 Å². The maximum absolute atomic E-state index is 13.2. The number of β-amino-alcohol motifs (C(OH)–C–C–N with tert-alkyl or cyclic N) is 1. The Balaban J connectivity index is 2.00. The second-order valence-electron chi connectivity index (χ2n) is 6.39. The fourth-order valence-corrected chi connectivity index (χ4v) is 3.50. The molecule has 1 aliphatic heterocycles. The summed E-state index contributed by atoms with van der Waals surface area (Å²) in [5.41, 5.74) is -0.249. The highest BCUT2D eigenvalue weighted by molar-refractivity contribution is 6.33. The Kier molecular flexibility index (Phi) is 5.64. The molecule has 1 N–H and O–H groups in total. The highest BCUT2D eigenvalue weighted by Gasteiger charge is 2.34. The summed E-state index contributed by atoms with van der Waals surface area (Å²) in [5, 5.41) is 8.86. The van der Waals surface area contributed by atoms with Crippen LogP contribution in [0, 0.1) is 0 Å². The van der Waals surface area contributed by atoms with Crippen LogP contribution in [0.5, 0.6) is 0 Å². The molecule has 3 rings (SSSR count). The molecule has 148 valence electrons. The lowest BCUT2D eigenvalue weighted by atomic mass is 10.2. The minimum Gasteiger partial charge on any atom is -0.395 e. The summed E-state index contributed by atoms with van der Waals surface area (Å²) >= 11 is 6.02. The number of aliphatic hydroxyl groups excluding tert-OH is 1. The lowest BCUT2D eigenvalue weighted by molar-refractivity contribution is -0.137. The average molecular weight is 405 g/mol. The number of piperazine rings is 1. The molecule has 3 heterocycles. The molecule has 10 heteroatoms. The Hall–Kier alpha value is -1.84. The van der Waals surface area contributed by atoms with E-state index in [9.17, 15) is 18.0 Å². The highest BCUT2D eigenvalue weighted by Crippen LogP contribution is 2.33. The molecule has 6 nitrogen and oxygen atoms in total. The smallest absolute Gasteiger partial charge is 0.395 e. The molecule has 0 atom stereocenters. The third-order valence-electron chi connectivity index (χ3n) is 4.69. The number of aromatic nitrogens is 2. The van der Waals surface area contributed by atoms with Crippen molar-refractivity contribution in [1.82, 2.24) is 19.2 Å². The first kappa shape index (κ1) is 19.9. The van der Waals surface area contributed by atoms with E-state index in [2.05, 4.69) is 4.98 Å². The van der Waals surface area contributed by atoms with Crippen molar-refractivity contribution in [2.75, 3.05) is 39.3 Å². The van der Waals surface area contributed by atoms with E-state index in [-0.39, 0.29) is 28.9 Å². The molecule has 0 bridgehead atoms. The number of nitrogens with zero attached hydrogens (tertiary/aromatic N) is 4. The van der Waals surface area contributed by atoms with Gasteiger partial charge in [0.2, 0.25) is 0 Å². The van der Waals surface area contributed by atoms with E-state index in [1.807, 2.05) is 4.90 Å². The van der Waals surface area contributed by atoms with Gasteiger partial charge in [0.25, 0.3) is 5.91 Å². The maximum Gasteiger partial charge on any atom is 0.417 e. The zero-order valence-electron chi connectivity index (χ0n) is 14.8. The van der Waals surface area contributed by atoms with Gasteiger partial charge in [-0.25, -0.2) is 4.98 Å². The quantitative estimate of drug-likeness (QED) is 0.849. The SMILES string of the molecule is CCc1nc2c(Cl)cc(C(F)(F)F)cn2c1C(=O)N1CCN(CCO)CC1. The van der Waals surface area contributed by atoms with Crippen LogP contribution in [0.3, 0.4) is 0 Å². The number of amides is 1. The second kappa shape index (κ2) is 7.65. The maximum atomic E-state index is 13.2. The molecule has 1 saturated heterocycles. The van der Waals surface area contributed by atoms with E-state index in [4.69, 9.17) is 16.7 Å². The monoisotopic (exact) mass is 404 g/mol. The van der Waals surface area contributed by atoms with Crippen LogP contribution in [-0.2, 0) is 12.6 Å². The fraction of sp³-hybridized carbons (Fsp3) is 0.529. The van der Waals surface area contributed by atoms with Gasteiger partial charge in [0.15, 0.2) is 5.65 Å². The van der Waals surface area contributed by atoms with E-state index >= 15 is 0 Å². The Morgan fingerprint density at radius 1 is 1.30 bits per heavy atom. The van der Waals surface area contributed by atoms with Crippen LogP contribution in [0.2, 0.25) is 5.02 Å². The number of aliphatic hydroxyl groups is 1. The summed E-state index contributed by atoms with van der Waals surface area (Å²) in [4.78, 5) is 21.0. The number of hydrogen-bond acceptors (Lipinski definition) is 4. The topological polar surface area (TPSA) is 61.1 Å². The van der Waals surface area contributed by atoms with Gasteiger partial charge in [-0.2, -0.15) is 13.2 Å². The first-order valence-electron chi connectivity index (χ1n) is 8.66. The predicted molar refractivity (Wildman–Crippen MR) is 94.0 cm³/mol. The van der Waals surface area contributed by atoms with Gasteiger partial charge >= 0.3 is 6.18 Å². The number of halogens is 4. The fourth-order valence-electron chi connectivity index (χ4n) is 3.24. The Bertz CT molecular complexity index is 845. The largest absolute Gasteiger partial charge is 0.417 e. The summed E-state index contributed by atoms with van der Waals surface area (Å²) in [5.74, 6) is -0.363. The van der Waals surface area contributed by atoms with Gasteiger partial charge in [0.1, 0.15) is 5.69 Å². The number of rotatable bonds is 4. The number of fused-ring (bicyclic) bond motifs is 1. The number of hydrogen-bond donors (Lipinski definition) is 1. The molecule has 2 aromatic rings. The van der Waals surface area contributed by atoms with Gasteiger partial charge < -0.3 is 10.0 Å². The van der Waals surface area contributed by atoms with Gasteiger partial charge in [-0.05, 0) is 12.5 Å². The standard InChI is InChI=1S/C17H20ClF3N4O2/c1-2-13-14(16(27)24-5-3-23(4-6-24)7-8-26)25-10-11(17(19,20)21)9-12(18)15(25)22-13/h9-10,26H,2-8H2,1H3. The molecule has 1 aliphatic rings. The van der Waals surface area contributed by atoms with E-state index in [0.717, 1.165) is 16.7 Å². The third-order valence-corrected chi connectivity index (χ3v) is 4.97. The molecule has 1 fully saturated rings. The lowest BCUT2D eigenvalue weighted by Crippen LogP contribution is -2.49. The number of imidazole rings is 1. The van der Waals surface area contributed by atoms with Crippen molar-refractivity contribution >= 4 is 23.2 Å². The molecule has 0 unspecified atom stereocenters. The summed E-state index contributed by atoms with van der Waals surface area (Å²) in [7, 11) is 0. The normalized spacial score (nSPS) is 16.3. The molecular formula is C17H20ClF3N4O2. The van der Waals surface area contributed by atoms with E-state index in [1.165, 1.54) is 0 Å². The summed E-state index contributed by atoms with van der Waals surface area (Å²) in [6.07, 6.45) is -3.31. The van der Waals surface area contributed by atoms with Crippen LogP contribution in [0.25, 0.3) is 5.65 Å². The first-order chi connectivity index (χ1) is 12.8. The molecule has 0 aliphatic carbocycles. The van der Waals surface area contributed by atoms with Gasteiger partial charge in [0, 0.05) is 38.9 Å². The summed E-state index contributed by atoms with van der Waals surface area (Å²) < 4.78 is 40.7. The zero-order chi connectivity index (χ0) is 19.8. The number of aryl methyl sites for hydroxylation is 1.